The van der Waals surface area contributed by atoms with Gasteiger partial charge in [0.2, 0.25) is 11.8 Å². The topological polar surface area (TPSA) is 134 Å². The number of hydrogen-bond acceptors (Lipinski definition) is 8. The summed E-state index contributed by atoms with van der Waals surface area (Å²) in [5, 5.41) is 8.30. The number of thioether (sulfide) groups is 1. The molecule has 4 aromatic rings. The molecule has 1 aliphatic heterocycles. The number of thiophene rings is 1. The van der Waals surface area contributed by atoms with E-state index in [1.807, 2.05) is 30.3 Å². The Kier molecular flexibility index (Phi) is 11.7. The van der Waals surface area contributed by atoms with Gasteiger partial charge >= 0.3 is 5.97 Å². The largest absolute Gasteiger partial charge is 0.465 e. The van der Waals surface area contributed by atoms with Crippen molar-refractivity contribution in [1.29, 1.82) is 0 Å². The number of esters is 1. The van der Waals surface area contributed by atoms with Gasteiger partial charge in [0.15, 0.2) is 0 Å². The van der Waals surface area contributed by atoms with Crippen molar-refractivity contribution in [1.82, 2.24) is 10.2 Å². The summed E-state index contributed by atoms with van der Waals surface area (Å²) in [4.78, 5) is 67.8. The number of rotatable bonds is 10. The molecule has 1 unspecified atom stereocenters. The van der Waals surface area contributed by atoms with Crippen LogP contribution in [0.3, 0.4) is 0 Å². The van der Waals surface area contributed by atoms with Gasteiger partial charge in [0, 0.05) is 39.0 Å². The molecule has 0 spiro atoms. The van der Waals surface area contributed by atoms with E-state index in [0.717, 1.165) is 14.9 Å². The first-order valence-corrected chi connectivity index (χ1v) is 17.7. The van der Waals surface area contributed by atoms with E-state index < -0.39 is 23.0 Å². The molecule has 1 atom stereocenters. The van der Waals surface area contributed by atoms with Crippen molar-refractivity contribution in [3.63, 3.8) is 0 Å². The number of halogens is 1. The number of carbonyl (C=O) groups is 5. The SMILES string of the molecule is COC(=O)c1c(NC(=O)C(C)Sc2cccc(NC(=O)/C(=C/c3ccc(Br)cc3)NC(=O)c3ccccc3)c2)sc2c1CCN(C(C)=O)C2. The highest BCUT2D eigenvalue weighted by molar-refractivity contribution is 9.10. The third kappa shape index (κ3) is 9.05. The Morgan fingerprint density at radius 2 is 1.71 bits per heavy atom. The number of fused-ring (bicyclic) bond motifs is 1. The predicted octanol–water partition coefficient (Wildman–Crippen LogP) is 6.73. The second-order valence-corrected chi connectivity index (χ2v) is 14.5. The van der Waals surface area contributed by atoms with Gasteiger partial charge < -0.3 is 25.6 Å². The Balaban J connectivity index is 1.29. The van der Waals surface area contributed by atoms with E-state index >= 15 is 0 Å². The summed E-state index contributed by atoms with van der Waals surface area (Å²) in [5.74, 6) is -1.88. The molecule has 252 valence electrons. The van der Waals surface area contributed by atoms with Gasteiger partial charge in [-0.15, -0.1) is 23.1 Å². The molecule has 0 saturated heterocycles. The van der Waals surface area contributed by atoms with Gasteiger partial charge in [0.1, 0.15) is 10.7 Å². The van der Waals surface area contributed by atoms with Crippen molar-refractivity contribution < 1.29 is 28.7 Å². The van der Waals surface area contributed by atoms with E-state index in [9.17, 15) is 24.0 Å². The van der Waals surface area contributed by atoms with Crippen LogP contribution in [-0.2, 0) is 32.1 Å². The van der Waals surface area contributed by atoms with Crippen LogP contribution in [0.1, 0.15) is 50.6 Å². The van der Waals surface area contributed by atoms with Gasteiger partial charge in [-0.2, -0.15) is 0 Å². The number of methoxy groups -OCH3 is 1. The highest BCUT2D eigenvalue weighted by Gasteiger charge is 2.31. The highest BCUT2D eigenvalue weighted by atomic mass is 79.9. The van der Waals surface area contributed by atoms with Crippen molar-refractivity contribution in [3.05, 3.63) is 116 Å². The van der Waals surface area contributed by atoms with E-state index in [2.05, 4.69) is 31.9 Å². The number of anilines is 2. The Morgan fingerprint density at radius 1 is 0.980 bits per heavy atom. The summed E-state index contributed by atoms with van der Waals surface area (Å²) in [7, 11) is 1.30. The van der Waals surface area contributed by atoms with Crippen LogP contribution in [0.5, 0.6) is 0 Å². The van der Waals surface area contributed by atoms with Crippen molar-refractivity contribution >= 4 is 85.4 Å². The third-order valence-corrected chi connectivity index (χ3v) is 10.4. The molecule has 0 aliphatic carbocycles. The van der Waals surface area contributed by atoms with Crippen molar-refractivity contribution in [2.45, 2.75) is 37.0 Å². The maximum absolute atomic E-state index is 13.5. The molecule has 1 aliphatic rings. The van der Waals surface area contributed by atoms with E-state index in [-0.39, 0.29) is 17.5 Å². The van der Waals surface area contributed by atoms with Crippen LogP contribution in [0, 0.1) is 0 Å². The predicted molar refractivity (Wildman–Crippen MR) is 196 cm³/mol. The first-order chi connectivity index (χ1) is 23.5. The summed E-state index contributed by atoms with van der Waals surface area (Å²) < 4.78 is 5.90. The minimum atomic E-state index is -0.581. The molecule has 13 heteroatoms. The van der Waals surface area contributed by atoms with Crippen LogP contribution < -0.4 is 16.0 Å². The lowest BCUT2D eigenvalue weighted by Gasteiger charge is -2.25. The van der Waals surface area contributed by atoms with Crippen molar-refractivity contribution in [2.75, 3.05) is 24.3 Å². The van der Waals surface area contributed by atoms with Gasteiger partial charge in [-0.25, -0.2) is 4.79 Å². The molecule has 49 heavy (non-hydrogen) atoms. The smallest absolute Gasteiger partial charge is 0.341 e. The molecular formula is C36H33BrN4O6S2. The molecule has 4 amide bonds. The third-order valence-electron chi connectivity index (χ3n) is 7.61. The number of nitrogens with one attached hydrogen (secondary N) is 3. The van der Waals surface area contributed by atoms with E-state index in [1.165, 1.54) is 37.1 Å². The lowest BCUT2D eigenvalue weighted by molar-refractivity contribution is -0.129. The molecule has 0 fully saturated rings. The molecule has 0 bridgehead atoms. The van der Waals surface area contributed by atoms with Crippen LogP contribution in [0.15, 0.2) is 93.9 Å². The second-order valence-electron chi connectivity index (χ2n) is 11.1. The molecular weight excluding hydrogens is 728 g/mol. The van der Waals surface area contributed by atoms with Crippen LogP contribution in [0.25, 0.3) is 6.08 Å². The fourth-order valence-electron chi connectivity index (χ4n) is 5.06. The standard InChI is InChI=1S/C36H33BrN4O6S2/c1-21(32(43)40-35-31(36(46)47-3)28-16-17-41(22(2)42)20-30(28)49-35)48-27-11-7-10-26(19-27)38-34(45)29(18-23-12-14-25(37)15-13-23)39-33(44)24-8-5-4-6-9-24/h4-15,18-19,21H,16-17,20H2,1-3H3,(H,38,45)(H,39,44)(H,40,43)/b29-18-. The van der Waals surface area contributed by atoms with E-state index in [1.54, 1.807) is 66.4 Å². The summed E-state index contributed by atoms with van der Waals surface area (Å²) >= 11 is 5.96. The fourth-order valence-corrected chi connectivity index (χ4v) is 7.51. The molecule has 3 aromatic carbocycles. The summed E-state index contributed by atoms with van der Waals surface area (Å²) in [5.41, 5.74) is 2.75. The van der Waals surface area contributed by atoms with Crippen LogP contribution in [-0.4, -0.2) is 53.4 Å². The number of nitrogens with zero attached hydrogens (tertiary/aromatic N) is 1. The minimum Gasteiger partial charge on any atom is -0.465 e. The van der Waals surface area contributed by atoms with Gasteiger partial charge in [-0.1, -0.05) is 52.3 Å². The number of benzene rings is 3. The average molecular weight is 762 g/mol. The zero-order valence-electron chi connectivity index (χ0n) is 26.9. The number of hydrogen-bond donors (Lipinski definition) is 3. The van der Waals surface area contributed by atoms with Gasteiger partial charge in [-0.3, -0.25) is 19.2 Å². The first-order valence-electron chi connectivity index (χ1n) is 15.2. The number of carbonyl (C=O) groups excluding carboxylic acids is 5. The summed E-state index contributed by atoms with van der Waals surface area (Å²) in [6, 6.07) is 22.9. The maximum Gasteiger partial charge on any atom is 0.341 e. The lowest BCUT2D eigenvalue weighted by Crippen LogP contribution is -2.33. The number of ether oxygens (including phenoxy) is 1. The molecule has 10 nitrogen and oxygen atoms in total. The first kappa shape index (κ1) is 35.6. The zero-order chi connectivity index (χ0) is 35.1. The molecule has 0 radical (unpaired) electrons. The Morgan fingerprint density at radius 3 is 2.41 bits per heavy atom. The van der Waals surface area contributed by atoms with E-state index in [4.69, 9.17) is 4.74 Å². The minimum absolute atomic E-state index is 0.0495. The fraction of sp³-hybridized carbons (Fsp3) is 0.194. The maximum atomic E-state index is 13.5. The molecule has 1 aromatic heterocycles. The summed E-state index contributed by atoms with van der Waals surface area (Å²) in [6.45, 7) is 4.10. The quantitative estimate of drug-likeness (QED) is 0.0928. The molecule has 3 N–H and O–H groups in total. The van der Waals surface area contributed by atoms with Crippen molar-refractivity contribution in [3.8, 4) is 0 Å². The normalized spacial score (nSPS) is 13.1. The Hall–Kier alpha value is -4.72. The Labute approximate surface area is 300 Å². The Bertz CT molecular complexity index is 1930. The average Bonchev–Trinajstić information content (AvgIpc) is 3.45. The van der Waals surface area contributed by atoms with Gasteiger partial charge in [-0.05, 0) is 73.0 Å². The monoisotopic (exact) mass is 760 g/mol. The molecule has 2 heterocycles. The van der Waals surface area contributed by atoms with E-state index in [0.29, 0.717) is 51.8 Å². The van der Waals surface area contributed by atoms with Crippen LogP contribution in [0.4, 0.5) is 10.7 Å². The second kappa shape index (κ2) is 16.1. The van der Waals surface area contributed by atoms with Crippen molar-refractivity contribution in [2.24, 2.45) is 0 Å². The highest BCUT2D eigenvalue weighted by Crippen LogP contribution is 2.38. The van der Waals surface area contributed by atoms with Crippen LogP contribution in [0.2, 0.25) is 0 Å². The van der Waals surface area contributed by atoms with Gasteiger partial charge in [0.25, 0.3) is 11.8 Å². The molecule has 0 saturated carbocycles. The molecule has 5 rings (SSSR count). The summed E-state index contributed by atoms with van der Waals surface area (Å²) in [6.07, 6.45) is 2.08. The lowest BCUT2D eigenvalue weighted by atomic mass is 10.0. The van der Waals surface area contributed by atoms with Gasteiger partial charge in [0.05, 0.1) is 24.5 Å². The number of amides is 4. The zero-order valence-corrected chi connectivity index (χ0v) is 30.1. The van der Waals surface area contributed by atoms with Crippen LogP contribution >= 0.6 is 39.0 Å².